The van der Waals surface area contributed by atoms with Gasteiger partial charge < -0.3 is 10.1 Å². The average molecular weight is 250 g/mol. The molecule has 1 rings (SSSR count). The molecular formula is C10H22N2O3S. The fourth-order valence-electron chi connectivity index (χ4n) is 1.79. The van der Waals surface area contributed by atoms with Crippen LogP contribution in [0.5, 0.6) is 0 Å². The van der Waals surface area contributed by atoms with Gasteiger partial charge in [0.15, 0.2) is 0 Å². The lowest BCUT2D eigenvalue weighted by Crippen LogP contribution is -2.47. The third-order valence-electron chi connectivity index (χ3n) is 2.63. The molecule has 0 saturated carbocycles. The molecule has 0 amide bonds. The second-order valence-corrected chi connectivity index (χ2v) is 6.18. The van der Waals surface area contributed by atoms with Gasteiger partial charge in [0.2, 0.25) is 10.0 Å². The van der Waals surface area contributed by atoms with Crippen molar-refractivity contribution in [2.45, 2.75) is 38.0 Å². The Labute approximate surface area is 98.0 Å². The van der Waals surface area contributed by atoms with Crippen molar-refractivity contribution in [2.24, 2.45) is 0 Å². The fraction of sp³-hybridized carbons (Fsp3) is 1.00. The van der Waals surface area contributed by atoms with Crippen LogP contribution < -0.4 is 10.0 Å². The monoisotopic (exact) mass is 250 g/mol. The summed E-state index contributed by atoms with van der Waals surface area (Å²) >= 11 is 0. The summed E-state index contributed by atoms with van der Waals surface area (Å²) in [6.45, 7) is 6.22. The first-order chi connectivity index (χ1) is 7.56. The lowest BCUT2D eigenvalue weighted by Gasteiger charge is -2.24. The first-order valence-corrected chi connectivity index (χ1v) is 7.40. The van der Waals surface area contributed by atoms with Gasteiger partial charge in [-0.15, -0.1) is 0 Å². The molecule has 2 atom stereocenters. The van der Waals surface area contributed by atoms with E-state index in [9.17, 15) is 8.42 Å². The van der Waals surface area contributed by atoms with Crippen molar-refractivity contribution in [3.05, 3.63) is 0 Å². The molecule has 96 valence electrons. The van der Waals surface area contributed by atoms with E-state index in [0.29, 0.717) is 19.8 Å². The minimum absolute atomic E-state index is 0.160. The standard InChI is InChI=1S/C10H22N2O3S/c1-3-15-8-9(2)12-16(13,14)10-5-4-6-11-7-10/h9-12H,3-8H2,1-2H3. The molecule has 5 nitrogen and oxygen atoms in total. The minimum atomic E-state index is -3.21. The van der Waals surface area contributed by atoms with Crippen LogP contribution in [0.15, 0.2) is 0 Å². The van der Waals surface area contributed by atoms with Gasteiger partial charge in [0.05, 0.1) is 11.9 Å². The van der Waals surface area contributed by atoms with Crippen LogP contribution in [-0.2, 0) is 14.8 Å². The van der Waals surface area contributed by atoms with Gasteiger partial charge in [0.1, 0.15) is 0 Å². The van der Waals surface area contributed by atoms with Gasteiger partial charge in [-0.2, -0.15) is 0 Å². The number of sulfonamides is 1. The highest BCUT2D eigenvalue weighted by atomic mass is 32.2. The van der Waals surface area contributed by atoms with E-state index in [2.05, 4.69) is 10.0 Å². The van der Waals surface area contributed by atoms with Gasteiger partial charge >= 0.3 is 0 Å². The minimum Gasteiger partial charge on any atom is -0.380 e. The quantitative estimate of drug-likeness (QED) is 0.701. The second-order valence-electron chi connectivity index (χ2n) is 4.19. The average Bonchev–Trinajstić information content (AvgIpc) is 2.27. The first kappa shape index (κ1) is 13.9. The number of hydrogen-bond donors (Lipinski definition) is 2. The van der Waals surface area contributed by atoms with Crippen molar-refractivity contribution in [3.8, 4) is 0 Å². The molecule has 0 aliphatic carbocycles. The molecule has 1 aliphatic rings. The van der Waals surface area contributed by atoms with Crippen LogP contribution in [-0.4, -0.2) is 46.0 Å². The molecule has 0 aromatic rings. The molecule has 1 heterocycles. The summed E-state index contributed by atoms with van der Waals surface area (Å²) in [6.07, 6.45) is 1.66. The normalized spacial score (nSPS) is 24.2. The van der Waals surface area contributed by atoms with Gasteiger partial charge in [0, 0.05) is 19.2 Å². The van der Waals surface area contributed by atoms with Crippen LogP contribution >= 0.6 is 0 Å². The fourth-order valence-corrected chi connectivity index (χ4v) is 3.43. The number of rotatable bonds is 6. The maximum atomic E-state index is 12.0. The summed E-state index contributed by atoms with van der Waals surface area (Å²) in [6, 6.07) is -0.160. The highest BCUT2D eigenvalue weighted by molar-refractivity contribution is 7.90. The Hall–Kier alpha value is -0.170. The third kappa shape index (κ3) is 4.37. The molecule has 0 bridgehead atoms. The van der Waals surface area contributed by atoms with Crippen molar-refractivity contribution in [1.29, 1.82) is 0 Å². The van der Waals surface area contributed by atoms with E-state index in [4.69, 9.17) is 4.74 Å². The molecule has 16 heavy (non-hydrogen) atoms. The molecule has 1 aliphatic heterocycles. The van der Waals surface area contributed by atoms with Crippen LogP contribution in [0.3, 0.4) is 0 Å². The summed E-state index contributed by atoms with van der Waals surface area (Å²) in [4.78, 5) is 0. The van der Waals surface area contributed by atoms with E-state index in [1.165, 1.54) is 0 Å². The van der Waals surface area contributed by atoms with Crippen molar-refractivity contribution in [2.75, 3.05) is 26.3 Å². The zero-order valence-electron chi connectivity index (χ0n) is 10.0. The van der Waals surface area contributed by atoms with Crippen LogP contribution in [0.4, 0.5) is 0 Å². The van der Waals surface area contributed by atoms with Crippen molar-refractivity contribution in [1.82, 2.24) is 10.0 Å². The highest BCUT2D eigenvalue weighted by Gasteiger charge is 2.28. The number of nitrogens with one attached hydrogen (secondary N) is 2. The summed E-state index contributed by atoms with van der Waals surface area (Å²) in [5.74, 6) is 0. The predicted molar refractivity (Wildman–Crippen MR) is 63.9 cm³/mol. The molecule has 6 heteroatoms. The molecule has 2 unspecified atom stereocenters. The molecular weight excluding hydrogens is 228 g/mol. The Kier molecular flexibility index (Phi) is 5.68. The van der Waals surface area contributed by atoms with Gasteiger partial charge in [-0.1, -0.05) is 0 Å². The molecule has 1 saturated heterocycles. The van der Waals surface area contributed by atoms with Crippen LogP contribution in [0.2, 0.25) is 0 Å². The van der Waals surface area contributed by atoms with Crippen LogP contribution in [0.25, 0.3) is 0 Å². The van der Waals surface area contributed by atoms with Crippen LogP contribution in [0.1, 0.15) is 26.7 Å². The van der Waals surface area contributed by atoms with E-state index >= 15 is 0 Å². The van der Waals surface area contributed by atoms with E-state index in [-0.39, 0.29) is 11.3 Å². The van der Waals surface area contributed by atoms with Gasteiger partial charge in [-0.05, 0) is 33.2 Å². The molecule has 0 aromatic heterocycles. The maximum Gasteiger partial charge on any atom is 0.216 e. The first-order valence-electron chi connectivity index (χ1n) is 5.86. The topological polar surface area (TPSA) is 67.4 Å². The van der Waals surface area contributed by atoms with Crippen molar-refractivity contribution in [3.63, 3.8) is 0 Å². The zero-order valence-corrected chi connectivity index (χ0v) is 10.8. The Balaban J connectivity index is 2.43. The summed E-state index contributed by atoms with van der Waals surface area (Å²) in [5.41, 5.74) is 0. The van der Waals surface area contributed by atoms with Gasteiger partial charge in [-0.25, -0.2) is 13.1 Å². The molecule has 0 aromatic carbocycles. The smallest absolute Gasteiger partial charge is 0.216 e. The third-order valence-corrected chi connectivity index (χ3v) is 4.64. The number of ether oxygens (including phenoxy) is 1. The molecule has 1 fully saturated rings. The Morgan fingerprint density at radius 3 is 2.88 bits per heavy atom. The van der Waals surface area contributed by atoms with E-state index in [1.807, 2.05) is 13.8 Å². The maximum absolute atomic E-state index is 12.0. The van der Waals surface area contributed by atoms with E-state index in [0.717, 1.165) is 19.4 Å². The lowest BCUT2D eigenvalue weighted by molar-refractivity contribution is 0.133. The summed E-state index contributed by atoms with van der Waals surface area (Å²) < 4.78 is 31.8. The summed E-state index contributed by atoms with van der Waals surface area (Å²) in [5, 5.41) is 2.81. The summed E-state index contributed by atoms with van der Waals surface area (Å²) in [7, 11) is -3.21. The lowest BCUT2D eigenvalue weighted by atomic mass is 10.2. The Morgan fingerprint density at radius 2 is 2.31 bits per heavy atom. The second kappa shape index (κ2) is 6.54. The molecule has 0 radical (unpaired) electrons. The van der Waals surface area contributed by atoms with Crippen LogP contribution in [0, 0.1) is 0 Å². The molecule has 2 N–H and O–H groups in total. The largest absolute Gasteiger partial charge is 0.380 e. The number of hydrogen-bond acceptors (Lipinski definition) is 4. The zero-order chi connectivity index (χ0) is 12.0. The SMILES string of the molecule is CCOCC(C)NS(=O)(=O)C1CCCNC1. The van der Waals surface area contributed by atoms with Gasteiger partial charge in [-0.3, -0.25) is 0 Å². The van der Waals surface area contributed by atoms with Gasteiger partial charge in [0.25, 0.3) is 0 Å². The van der Waals surface area contributed by atoms with Crippen molar-refractivity contribution < 1.29 is 13.2 Å². The van der Waals surface area contributed by atoms with E-state index < -0.39 is 10.0 Å². The highest BCUT2D eigenvalue weighted by Crippen LogP contribution is 2.10. The van der Waals surface area contributed by atoms with E-state index in [1.54, 1.807) is 0 Å². The number of piperidine rings is 1. The van der Waals surface area contributed by atoms with Crippen molar-refractivity contribution >= 4 is 10.0 Å². The Morgan fingerprint density at radius 1 is 1.56 bits per heavy atom. The predicted octanol–water partition coefficient (Wildman–Crippen LogP) is 0.0828. The molecule has 0 spiro atoms. The Bertz CT molecular complexity index is 286.